The van der Waals surface area contributed by atoms with Crippen molar-refractivity contribution in [3.8, 4) is 0 Å². The Morgan fingerprint density at radius 3 is 1.36 bits per heavy atom. The highest BCUT2D eigenvalue weighted by Crippen LogP contribution is 2.59. The van der Waals surface area contributed by atoms with Gasteiger partial charge in [-0.3, -0.25) is 9.59 Å². The van der Waals surface area contributed by atoms with Crippen LogP contribution in [0.15, 0.2) is 22.7 Å². The highest BCUT2D eigenvalue weighted by molar-refractivity contribution is 5.99. The number of aliphatic carboxylic acids is 2. The maximum atomic E-state index is 11.9. The number of fused-ring (bicyclic) bond motifs is 2. The van der Waals surface area contributed by atoms with Crippen molar-refractivity contribution >= 4 is 23.9 Å². The number of methoxy groups -OCH3 is 2. The van der Waals surface area contributed by atoms with E-state index >= 15 is 0 Å². The molecule has 2 atom stereocenters. The first-order chi connectivity index (χ1) is 11.6. The lowest BCUT2D eigenvalue weighted by Crippen LogP contribution is -2.53. The molecule has 2 rings (SSSR count). The molecular weight excluding hydrogens is 340 g/mol. The van der Waals surface area contributed by atoms with E-state index in [4.69, 9.17) is 0 Å². The summed E-state index contributed by atoms with van der Waals surface area (Å²) in [6, 6.07) is 0. The van der Waals surface area contributed by atoms with E-state index in [1.807, 2.05) is 0 Å². The second-order valence-corrected chi connectivity index (χ2v) is 5.94. The monoisotopic (exact) mass is 356 g/mol. The van der Waals surface area contributed by atoms with E-state index in [0.717, 1.165) is 14.2 Å². The van der Waals surface area contributed by atoms with E-state index < -0.39 is 76.6 Å². The zero-order valence-electron chi connectivity index (χ0n) is 13.4. The average molecular weight is 356 g/mol. The van der Waals surface area contributed by atoms with Crippen LogP contribution < -0.4 is 0 Å². The molecule has 0 saturated carbocycles. The van der Waals surface area contributed by atoms with Gasteiger partial charge in [0.25, 0.3) is 0 Å². The summed E-state index contributed by atoms with van der Waals surface area (Å²) in [4.78, 5) is 47.6. The molecule has 0 spiro atoms. The van der Waals surface area contributed by atoms with Crippen molar-refractivity contribution in [1.29, 1.82) is 0 Å². The van der Waals surface area contributed by atoms with Crippen molar-refractivity contribution in [2.75, 3.05) is 14.2 Å². The minimum Gasteiger partial charge on any atom is -0.511 e. The predicted octanol–water partition coefficient (Wildman–Crippen LogP) is 0.296. The van der Waals surface area contributed by atoms with Crippen molar-refractivity contribution < 1.29 is 49.1 Å². The number of hydrogen-bond acceptors (Lipinski definition) is 8. The Hall–Kier alpha value is -3.04. The van der Waals surface area contributed by atoms with Crippen LogP contribution in [-0.4, -0.2) is 58.5 Å². The minimum absolute atomic E-state index is 0.575. The minimum atomic E-state index is -2.28. The van der Waals surface area contributed by atoms with E-state index in [2.05, 4.69) is 9.47 Å². The van der Waals surface area contributed by atoms with Crippen molar-refractivity contribution in [3.05, 3.63) is 22.7 Å². The molecule has 10 heteroatoms. The topological polar surface area (TPSA) is 168 Å². The number of carboxylic acids is 2. The highest BCUT2D eigenvalue weighted by atomic mass is 16.5. The zero-order valence-corrected chi connectivity index (χ0v) is 13.4. The first-order valence-corrected chi connectivity index (χ1v) is 7.06. The molecule has 136 valence electrons. The Kier molecular flexibility index (Phi) is 4.24. The van der Waals surface area contributed by atoms with E-state index in [1.54, 1.807) is 0 Å². The number of rotatable bonds is 4. The SMILES string of the molecule is COC(=O)C1=C(O)[C@]2(C(=O)O)CC(C(=O)OC)=C(O)[C@](C(=O)O)(C1)C2. The van der Waals surface area contributed by atoms with Gasteiger partial charge < -0.3 is 29.9 Å². The van der Waals surface area contributed by atoms with Crippen molar-refractivity contribution in [2.45, 2.75) is 19.3 Å². The van der Waals surface area contributed by atoms with E-state index in [9.17, 15) is 39.6 Å². The summed E-state index contributed by atoms with van der Waals surface area (Å²) >= 11 is 0. The number of carboxylic acid groups (broad SMARTS) is 2. The number of carbonyl (C=O) groups is 4. The Morgan fingerprint density at radius 1 is 0.800 bits per heavy atom. The largest absolute Gasteiger partial charge is 0.511 e. The molecule has 4 N–H and O–H groups in total. The molecule has 0 fully saturated rings. The Labute approximate surface area is 141 Å². The van der Waals surface area contributed by atoms with Gasteiger partial charge in [0.1, 0.15) is 22.3 Å². The molecule has 2 aliphatic carbocycles. The van der Waals surface area contributed by atoms with Crippen LogP contribution in [0, 0.1) is 10.8 Å². The van der Waals surface area contributed by atoms with Gasteiger partial charge in [-0.15, -0.1) is 0 Å². The van der Waals surface area contributed by atoms with E-state index in [1.165, 1.54) is 0 Å². The van der Waals surface area contributed by atoms with E-state index in [-0.39, 0.29) is 0 Å². The molecule has 0 amide bonds. The molecule has 0 saturated heterocycles. The van der Waals surface area contributed by atoms with Crippen LogP contribution in [0.5, 0.6) is 0 Å². The first kappa shape index (κ1) is 18.3. The molecule has 2 aliphatic rings. The molecule has 0 unspecified atom stereocenters. The molecular formula is C15H16O10. The van der Waals surface area contributed by atoms with Gasteiger partial charge in [-0.2, -0.15) is 0 Å². The normalized spacial score (nSPS) is 28.4. The van der Waals surface area contributed by atoms with Gasteiger partial charge in [0.05, 0.1) is 25.4 Å². The number of aliphatic hydroxyl groups is 2. The molecule has 2 bridgehead atoms. The summed E-state index contributed by atoms with van der Waals surface area (Å²) < 4.78 is 8.95. The molecule has 0 aromatic rings. The molecule has 0 heterocycles. The van der Waals surface area contributed by atoms with Crippen LogP contribution in [0.4, 0.5) is 0 Å². The fraction of sp³-hybridized carbons (Fsp3) is 0.467. The Morgan fingerprint density at radius 2 is 1.12 bits per heavy atom. The van der Waals surface area contributed by atoms with Gasteiger partial charge in [-0.1, -0.05) is 0 Å². The summed E-state index contributed by atoms with van der Waals surface area (Å²) in [7, 11) is 1.95. The summed E-state index contributed by atoms with van der Waals surface area (Å²) in [5.74, 6) is -7.32. The van der Waals surface area contributed by atoms with Crippen LogP contribution in [0.2, 0.25) is 0 Å². The maximum Gasteiger partial charge on any atom is 0.337 e. The van der Waals surface area contributed by atoms with E-state index in [0.29, 0.717) is 0 Å². The second kappa shape index (κ2) is 5.80. The summed E-state index contributed by atoms with van der Waals surface area (Å²) in [6.07, 6.45) is -2.20. The summed E-state index contributed by atoms with van der Waals surface area (Å²) in [6.45, 7) is 0. The lowest BCUT2D eigenvalue weighted by molar-refractivity contribution is -0.161. The number of ether oxygens (including phenoxy) is 2. The lowest BCUT2D eigenvalue weighted by Gasteiger charge is -2.46. The van der Waals surface area contributed by atoms with Crippen molar-refractivity contribution in [3.63, 3.8) is 0 Å². The van der Waals surface area contributed by atoms with Gasteiger partial charge in [-0.05, 0) is 6.42 Å². The quantitative estimate of drug-likeness (QED) is 0.514. The second-order valence-electron chi connectivity index (χ2n) is 5.94. The standard InChI is InChI=1S/C15H16O10/c1-24-10(18)6-3-14(12(20)21)5-15(8(6)16,13(22)23)4-7(9(14)17)11(19)25-2/h16-17H,3-5H2,1-2H3,(H,20,21)(H,22,23)/t14-,15-/m0/s1. The van der Waals surface area contributed by atoms with Crippen LogP contribution in [0.3, 0.4) is 0 Å². The first-order valence-electron chi connectivity index (χ1n) is 7.06. The smallest absolute Gasteiger partial charge is 0.337 e. The zero-order chi connectivity index (χ0) is 19.2. The van der Waals surface area contributed by atoms with Crippen molar-refractivity contribution in [1.82, 2.24) is 0 Å². The maximum absolute atomic E-state index is 11.9. The lowest BCUT2D eigenvalue weighted by atomic mass is 9.55. The molecule has 0 radical (unpaired) electrons. The summed E-state index contributed by atoms with van der Waals surface area (Å²) in [5, 5.41) is 40.1. The fourth-order valence-electron chi connectivity index (χ4n) is 3.41. The number of esters is 2. The average Bonchev–Trinajstić information content (AvgIpc) is 2.58. The molecule has 10 nitrogen and oxygen atoms in total. The van der Waals surface area contributed by atoms with Gasteiger partial charge >= 0.3 is 23.9 Å². The van der Waals surface area contributed by atoms with Gasteiger partial charge in [0.15, 0.2) is 0 Å². The number of hydrogen-bond donors (Lipinski definition) is 4. The third-order valence-corrected chi connectivity index (χ3v) is 4.72. The molecule has 0 aromatic carbocycles. The molecule has 0 aromatic heterocycles. The fourth-order valence-corrected chi connectivity index (χ4v) is 3.41. The van der Waals surface area contributed by atoms with Crippen molar-refractivity contribution in [2.24, 2.45) is 10.8 Å². The molecule has 25 heavy (non-hydrogen) atoms. The van der Waals surface area contributed by atoms with Crippen LogP contribution >= 0.6 is 0 Å². The van der Waals surface area contributed by atoms with Gasteiger partial charge in [0.2, 0.25) is 0 Å². The Balaban J connectivity index is 2.85. The third-order valence-electron chi connectivity index (χ3n) is 4.72. The predicted molar refractivity (Wildman–Crippen MR) is 77.3 cm³/mol. The van der Waals surface area contributed by atoms with Crippen LogP contribution in [-0.2, 0) is 28.7 Å². The summed E-state index contributed by atoms with van der Waals surface area (Å²) in [5.41, 5.74) is -5.71. The third kappa shape index (κ3) is 2.32. The van der Waals surface area contributed by atoms with Crippen LogP contribution in [0.25, 0.3) is 0 Å². The number of carbonyl (C=O) groups excluding carboxylic acids is 2. The Bertz CT molecular complexity index is 683. The number of aliphatic hydroxyl groups excluding tert-OH is 2. The van der Waals surface area contributed by atoms with Gasteiger partial charge in [0, 0.05) is 12.8 Å². The molecule has 0 aliphatic heterocycles. The van der Waals surface area contributed by atoms with Gasteiger partial charge in [-0.25, -0.2) is 9.59 Å². The van der Waals surface area contributed by atoms with Crippen LogP contribution in [0.1, 0.15) is 19.3 Å². The highest BCUT2D eigenvalue weighted by Gasteiger charge is 2.65.